The number of H-pyrrole nitrogens is 1. The molecule has 0 radical (unpaired) electrons. The summed E-state index contributed by atoms with van der Waals surface area (Å²) in [5.74, 6) is 0.400. The van der Waals surface area contributed by atoms with E-state index in [2.05, 4.69) is 30.8 Å². The second-order valence-corrected chi connectivity index (χ2v) is 7.35. The topological polar surface area (TPSA) is 78.5 Å². The molecule has 0 saturated heterocycles. The van der Waals surface area contributed by atoms with Crippen molar-refractivity contribution in [2.24, 2.45) is 0 Å². The van der Waals surface area contributed by atoms with E-state index in [1.165, 1.54) is 6.07 Å². The van der Waals surface area contributed by atoms with Gasteiger partial charge in [-0.1, -0.05) is 11.6 Å². The van der Waals surface area contributed by atoms with Gasteiger partial charge in [0, 0.05) is 34.2 Å². The van der Waals surface area contributed by atoms with Gasteiger partial charge in [-0.05, 0) is 43.2 Å². The number of fused-ring (bicyclic) bond motifs is 1. The van der Waals surface area contributed by atoms with Crippen LogP contribution < -0.4 is 10.6 Å². The fourth-order valence-electron chi connectivity index (χ4n) is 3.09. The van der Waals surface area contributed by atoms with Crippen molar-refractivity contribution in [3.8, 4) is 0 Å². The Balaban J connectivity index is 1.53. The molecule has 29 heavy (non-hydrogen) atoms. The Labute approximate surface area is 169 Å². The summed E-state index contributed by atoms with van der Waals surface area (Å²) in [5, 5.41) is 14.6. The average Bonchev–Trinajstić information content (AvgIpc) is 3.43. The predicted octanol–water partition coefficient (Wildman–Crippen LogP) is 5.65. The number of hydrogen-bond acceptors (Lipinski definition) is 5. The predicted molar refractivity (Wildman–Crippen MR) is 108 cm³/mol. The quantitative estimate of drug-likeness (QED) is 0.395. The van der Waals surface area contributed by atoms with Crippen LogP contribution in [0.1, 0.15) is 24.5 Å². The number of anilines is 4. The van der Waals surface area contributed by atoms with Crippen LogP contribution in [0.3, 0.4) is 0 Å². The molecule has 0 spiro atoms. The number of benzene rings is 2. The van der Waals surface area contributed by atoms with Crippen LogP contribution in [0, 0.1) is 11.6 Å². The van der Waals surface area contributed by atoms with E-state index in [1.807, 2.05) is 6.07 Å². The molecule has 0 unspecified atom stereocenters. The summed E-state index contributed by atoms with van der Waals surface area (Å²) in [6.07, 6.45) is 2.32. The molecule has 1 fully saturated rings. The molecule has 4 aromatic rings. The Bertz CT molecular complexity index is 1220. The lowest BCUT2D eigenvalue weighted by molar-refractivity contribution is 0.586. The number of aromatic amines is 1. The molecule has 5 rings (SSSR count). The number of rotatable bonds is 5. The first kappa shape index (κ1) is 17.8. The number of halogens is 3. The van der Waals surface area contributed by atoms with Crippen molar-refractivity contribution in [2.75, 3.05) is 10.6 Å². The molecule has 0 aliphatic heterocycles. The maximum atomic E-state index is 14.0. The van der Waals surface area contributed by atoms with Crippen molar-refractivity contribution >= 4 is 45.8 Å². The molecule has 2 aromatic heterocycles. The lowest BCUT2D eigenvalue weighted by Crippen LogP contribution is -2.03. The summed E-state index contributed by atoms with van der Waals surface area (Å²) in [5.41, 5.74) is 1.72. The minimum absolute atomic E-state index is 0.0644. The molecule has 146 valence electrons. The van der Waals surface area contributed by atoms with Crippen LogP contribution in [0.5, 0.6) is 0 Å². The van der Waals surface area contributed by atoms with Crippen LogP contribution in [0.25, 0.3) is 10.9 Å². The van der Waals surface area contributed by atoms with E-state index in [0.29, 0.717) is 28.1 Å². The molecule has 6 nitrogen and oxygen atoms in total. The van der Waals surface area contributed by atoms with Gasteiger partial charge in [-0.25, -0.2) is 13.8 Å². The maximum Gasteiger partial charge on any atom is 0.229 e. The summed E-state index contributed by atoms with van der Waals surface area (Å²) < 4.78 is 27.2. The number of nitrogens with one attached hydrogen (secondary N) is 3. The van der Waals surface area contributed by atoms with Gasteiger partial charge in [0.1, 0.15) is 17.5 Å². The van der Waals surface area contributed by atoms with Gasteiger partial charge >= 0.3 is 0 Å². The third-order valence-electron chi connectivity index (χ3n) is 4.70. The molecule has 9 heteroatoms. The Kier molecular flexibility index (Phi) is 4.28. The third-order valence-corrected chi connectivity index (χ3v) is 4.93. The molecule has 1 aliphatic carbocycles. The summed E-state index contributed by atoms with van der Waals surface area (Å²) in [6, 6.07) is 10.4. The molecular formula is C20H15ClF2N6. The normalized spacial score (nSPS) is 13.6. The van der Waals surface area contributed by atoms with E-state index < -0.39 is 11.6 Å². The Morgan fingerprint density at radius 1 is 1.00 bits per heavy atom. The summed E-state index contributed by atoms with van der Waals surface area (Å²) >= 11 is 6.11. The highest BCUT2D eigenvalue weighted by atomic mass is 35.5. The van der Waals surface area contributed by atoms with Gasteiger partial charge in [0.25, 0.3) is 0 Å². The maximum absolute atomic E-state index is 14.0. The Hall–Kier alpha value is -3.26. The summed E-state index contributed by atoms with van der Waals surface area (Å²) in [7, 11) is 0. The van der Waals surface area contributed by atoms with Crippen molar-refractivity contribution in [3.63, 3.8) is 0 Å². The van der Waals surface area contributed by atoms with Crippen LogP contribution >= 0.6 is 11.6 Å². The fraction of sp³-hybridized carbons (Fsp3) is 0.150. The highest BCUT2D eigenvalue weighted by Gasteiger charge is 2.25. The minimum Gasteiger partial charge on any atom is -0.323 e. The van der Waals surface area contributed by atoms with E-state index in [1.54, 1.807) is 18.2 Å². The summed E-state index contributed by atoms with van der Waals surface area (Å²) in [6.45, 7) is 0. The lowest BCUT2D eigenvalue weighted by atomic mass is 10.2. The first-order valence-electron chi connectivity index (χ1n) is 9.07. The number of nitrogens with zero attached hydrogens (tertiary/aromatic N) is 3. The van der Waals surface area contributed by atoms with Crippen LogP contribution in [0.4, 0.5) is 32.1 Å². The Morgan fingerprint density at radius 2 is 1.86 bits per heavy atom. The minimum atomic E-state index is -0.740. The average molecular weight is 413 g/mol. The molecule has 2 heterocycles. The van der Waals surface area contributed by atoms with Crippen molar-refractivity contribution in [1.82, 2.24) is 20.2 Å². The second-order valence-electron chi connectivity index (χ2n) is 6.91. The number of aromatic nitrogens is 4. The van der Waals surface area contributed by atoms with Crippen LogP contribution in [-0.2, 0) is 0 Å². The van der Waals surface area contributed by atoms with Gasteiger partial charge < -0.3 is 10.6 Å². The van der Waals surface area contributed by atoms with Crippen molar-refractivity contribution < 1.29 is 8.78 Å². The first-order chi connectivity index (χ1) is 14.0. The van der Waals surface area contributed by atoms with E-state index in [4.69, 9.17) is 11.6 Å². The van der Waals surface area contributed by atoms with Crippen molar-refractivity contribution in [3.05, 3.63) is 64.8 Å². The van der Waals surface area contributed by atoms with Crippen LogP contribution in [-0.4, -0.2) is 20.2 Å². The lowest BCUT2D eigenvalue weighted by Gasteiger charge is -2.11. The van der Waals surface area contributed by atoms with E-state index in [0.717, 1.165) is 36.1 Å². The fourth-order valence-corrected chi connectivity index (χ4v) is 3.26. The van der Waals surface area contributed by atoms with Crippen molar-refractivity contribution in [1.29, 1.82) is 0 Å². The molecule has 0 amide bonds. The van der Waals surface area contributed by atoms with E-state index in [9.17, 15) is 8.78 Å². The summed E-state index contributed by atoms with van der Waals surface area (Å²) in [4.78, 5) is 8.87. The molecule has 0 atom stereocenters. The van der Waals surface area contributed by atoms with Gasteiger partial charge in [0.15, 0.2) is 5.82 Å². The zero-order chi connectivity index (χ0) is 20.0. The molecule has 1 aliphatic rings. The van der Waals surface area contributed by atoms with Gasteiger partial charge in [-0.3, -0.25) is 5.10 Å². The smallest absolute Gasteiger partial charge is 0.229 e. The van der Waals surface area contributed by atoms with E-state index in [-0.39, 0.29) is 11.6 Å². The molecule has 0 bridgehead atoms. The highest BCUT2D eigenvalue weighted by Crippen LogP contribution is 2.40. The van der Waals surface area contributed by atoms with E-state index >= 15 is 0 Å². The molecule has 1 saturated carbocycles. The molecule has 2 aromatic carbocycles. The SMILES string of the molecule is Fc1ccc(Nc2nc(Nc3cc(C4CC4)[nH]n3)c3ccc(Cl)cc3n2)c(F)c1. The molecule has 3 N–H and O–H groups in total. The zero-order valence-electron chi connectivity index (χ0n) is 15.0. The first-order valence-corrected chi connectivity index (χ1v) is 9.45. The van der Waals surface area contributed by atoms with Crippen LogP contribution in [0.2, 0.25) is 5.02 Å². The van der Waals surface area contributed by atoms with Crippen LogP contribution in [0.15, 0.2) is 42.5 Å². The largest absolute Gasteiger partial charge is 0.323 e. The molecular weight excluding hydrogens is 398 g/mol. The van der Waals surface area contributed by atoms with Gasteiger partial charge in [-0.2, -0.15) is 10.1 Å². The monoisotopic (exact) mass is 412 g/mol. The van der Waals surface area contributed by atoms with Gasteiger partial charge in [0.05, 0.1) is 11.2 Å². The second kappa shape index (κ2) is 6.97. The van der Waals surface area contributed by atoms with Gasteiger partial charge in [0.2, 0.25) is 5.95 Å². The van der Waals surface area contributed by atoms with Crippen molar-refractivity contribution in [2.45, 2.75) is 18.8 Å². The standard InChI is InChI=1S/C20H15ClF2N6/c21-11-3-5-13-17(7-11)25-20(24-15-6-4-12(22)8-14(15)23)27-19(13)26-18-9-16(28-29-18)10-1-2-10/h3-10H,1-2H2,(H3,24,25,26,27,28,29). The zero-order valence-corrected chi connectivity index (χ0v) is 15.8. The third kappa shape index (κ3) is 3.71. The Morgan fingerprint density at radius 3 is 2.66 bits per heavy atom. The van der Waals surface area contributed by atoms with Gasteiger partial charge in [-0.15, -0.1) is 0 Å². The number of hydrogen-bond donors (Lipinski definition) is 3. The highest BCUT2D eigenvalue weighted by molar-refractivity contribution is 6.31.